The van der Waals surface area contributed by atoms with E-state index >= 15 is 0 Å². The fourth-order valence-electron chi connectivity index (χ4n) is 2.30. The summed E-state index contributed by atoms with van der Waals surface area (Å²) in [5.74, 6) is -5.60. The van der Waals surface area contributed by atoms with Crippen LogP contribution in [0.4, 0.5) is 13.2 Å². The zero-order valence-electron chi connectivity index (χ0n) is 10.6. The zero-order valence-corrected chi connectivity index (χ0v) is 13.0. The number of amides is 1. The molecule has 1 N–H and O–H groups in total. The Labute approximate surface area is 130 Å². The molecule has 1 aliphatic heterocycles. The average Bonchev–Trinajstić information content (AvgIpc) is 2.94. The number of likely N-dealkylation sites (tertiary alicyclic amines) is 1. The van der Waals surface area contributed by atoms with Crippen molar-refractivity contribution in [3.63, 3.8) is 0 Å². The maximum Gasteiger partial charge on any atom is 0.394 e. The number of alkyl halides is 3. The predicted octanol–water partition coefficient (Wildman–Crippen LogP) is 2.77. The largest absolute Gasteiger partial charge is 0.481 e. The Morgan fingerprint density at radius 1 is 1.38 bits per heavy atom. The van der Waals surface area contributed by atoms with Gasteiger partial charge in [-0.15, -0.1) is 11.3 Å². The number of hydrogen-bond donors (Lipinski definition) is 1. The Bertz CT molecular complexity index is 560. The third-order valence-corrected chi connectivity index (χ3v) is 4.99. The number of aliphatic carboxylic acids is 1. The van der Waals surface area contributed by atoms with Crippen LogP contribution in [-0.4, -0.2) is 41.1 Å². The van der Waals surface area contributed by atoms with Crippen LogP contribution < -0.4 is 0 Å². The number of thiophene rings is 1. The molecule has 0 aliphatic carbocycles. The van der Waals surface area contributed by atoms with E-state index in [0.717, 1.165) is 8.69 Å². The van der Waals surface area contributed by atoms with E-state index in [4.69, 9.17) is 5.11 Å². The summed E-state index contributed by atoms with van der Waals surface area (Å²) >= 11 is 4.56. The van der Waals surface area contributed by atoms with E-state index in [1.54, 1.807) is 12.1 Å². The van der Waals surface area contributed by atoms with Crippen molar-refractivity contribution in [3.05, 3.63) is 20.8 Å². The van der Waals surface area contributed by atoms with Gasteiger partial charge in [-0.1, -0.05) is 0 Å². The molecule has 1 aliphatic rings. The highest BCUT2D eigenvalue weighted by Gasteiger charge is 2.53. The van der Waals surface area contributed by atoms with Gasteiger partial charge in [-0.3, -0.25) is 9.59 Å². The number of hydrogen-bond acceptors (Lipinski definition) is 3. The molecular weight excluding hydrogens is 375 g/mol. The maximum atomic E-state index is 12.8. The lowest BCUT2D eigenvalue weighted by molar-refractivity contribution is -0.188. The number of carboxylic acids is 1. The molecule has 2 heterocycles. The van der Waals surface area contributed by atoms with E-state index < -0.39 is 43.0 Å². The van der Waals surface area contributed by atoms with Crippen LogP contribution in [0.15, 0.2) is 15.9 Å². The van der Waals surface area contributed by atoms with Crippen LogP contribution in [0.5, 0.6) is 0 Å². The molecule has 0 bridgehead atoms. The van der Waals surface area contributed by atoms with Crippen LogP contribution >= 0.6 is 27.3 Å². The molecule has 1 saturated heterocycles. The first-order valence-electron chi connectivity index (χ1n) is 6.00. The first-order chi connectivity index (χ1) is 9.68. The van der Waals surface area contributed by atoms with Crippen LogP contribution in [0.1, 0.15) is 4.88 Å². The molecule has 0 radical (unpaired) electrons. The second kappa shape index (κ2) is 5.96. The lowest BCUT2D eigenvalue weighted by Crippen LogP contribution is -2.34. The molecule has 1 aromatic heterocycles. The topological polar surface area (TPSA) is 57.6 Å². The third-order valence-electron chi connectivity index (χ3n) is 3.36. The minimum absolute atomic E-state index is 0.0207. The van der Waals surface area contributed by atoms with Gasteiger partial charge in [0.05, 0.1) is 22.0 Å². The van der Waals surface area contributed by atoms with Crippen molar-refractivity contribution >= 4 is 39.1 Å². The monoisotopic (exact) mass is 385 g/mol. The second-order valence-electron chi connectivity index (χ2n) is 4.77. The first kappa shape index (κ1) is 16.3. The fraction of sp³-hybridized carbons (Fsp3) is 0.500. The van der Waals surface area contributed by atoms with Crippen molar-refractivity contribution in [1.82, 2.24) is 4.90 Å². The fourth-order valence-corrected chi connectivity index (χ4v) is 3.77. The van der Waals surface area contributed by atoms with Gasteiger partial charge < -0.3 is 10.0 Å². The van der Waals surface area contributed by atoms with Gasteiger partial charge in [-0.2, -0.15) is 13.2 Å². The quantitative estimate of drug-likeness (QED) is 0.870. The maximum absolute atomic E-state index is 12.8. The van der Waals surface area contributed by atoms with Crippen LogP contribution in [0.25, 0.3) is 0 Å². The number of halogens is 4. The van der Waals surface area contributed by atoms with Crippen LogP contribution in [0.3, 0.4) is 0 Å². The van der Waals surface area contributed by atoms with Gasteiger partial charge >= 0.3 is 12.1 Å². The number of nitrogens with zero attached hydrogens (tertiary/aromatic N) is 1. The van der Waals surface area contributed by atoms with Crippen molar-refractivity contribution in [1.29, 1.82) is 0 Å². The third kappa shape index (κ3) is 3.76. The van der Waals surface area contributed by atoms with E-state index in [-0.39, 0.29) is 6.42 Å². The molecule has 1 fully saturated rings. The van der Waals surface area contributed by atoms with Crippen LogP contribution in [0, 0.1) is 11.8 Å². The second-order valence-corrected chi connectivity index (χ2v) is 7.32. The van der Waals surface area contributed by atoms with E-state index in [1.165, 1.54) is 11.3 Å². The molecule has 116 valence electrons. The van der Waals surface area contributed by atoms with Gasteiger partial charge in [-0.25, -0.2) is 0 Å². The zero-order chi connectivity index (χ0) is 15.8. The predicted molar refractivity (Wildman–Crippen MR) is 73.0 cm³/mol. The van der Waals surface area contributed by atoms with Gasteiger partial charge in [0, 0.05) is 18.0 Å². The standard InChI is InChI=1S/C12H11BrF3NO3S/c13-9-2-1-6(21-9)3-10(18)17-4-7(11(19)20)8(5-17)12(14,15)16/h1-2,7-8H,3-5H2,(H,19,20)/t7-,8-/m1/s1. The molecular formula is C12H11BrF3NO3S. The lowest BCUT2D eigenvalue weighted by Gasteiger charge is -2.18. The van der Waals surface area contributed by atoms with E-state index in [0.29, 0.717) is 4.88 Å². The van der Waals surface area contributed by atoms with E-state index in [9.17, 15) is 22.8 Å². The number of carboxylic acid groups (broad SMARTS) is 1. The molecule has 0 spiro atoms. The SMILES string of the molecule is O=C(O)[C@@H]1CN(C(=O)Cc2ccc(Br)s2)C[C@H]1C(F)(F)F. The molecule has 1 amide bonds. The average molecular weight is 386 g/mol. The molecule has 21 heavy (non-hydrogen) atoms. The lowest BCUT2D eigenvalue weighted by atomic mass is 9.96. The minimum atomic E-state index is -4.62. The molecule has 1 aromatic rings. The van der Waals surface area contributed by atoms with Crippen molar-refractivity contribution < 1.29 is 27.9 Å². The minimum Gasteiger partial charge on any atom is -0.481 e. The number of rotatable bonds is 3. The highest BCUT2D eigenvalue weighted by Crippen LogP contribution is 2.38. The molecule has 2 rings (SSSR count). The Morgan fingerprint density at radius 3 is 2.48 bits per heavy atom. The van der Waals surface area contributed by atoms with Gasteiger partial charge in [0.2, 0.25) is 5.91 Å². The van der Waals surface area contributed by atoms with E-state index in [2.05, 4.69) is 15.9 Å². The molecule has 0 unspecified atom stereocenters. The highest BCUT2D eigenvalue weighted by atomic mass is 79.9. The molecule has 9 heteroatoms. The van der Waals surface area contributed by atoms with Gasteiger partial charge in [0.1, 0.15) is 0 Å². The molecule has 4 nitrogen and oxygen atoms in total. The Morgan fingerprint density at radius 2 is 2.05 bits per heavy atom. The molecule has 0 saturated carbocycles. The normalized spacial score (nSPS) is 22.6. The Kier molecular flexibility index (Phi) is 4.62. The van der Waals surface area contributed by atoms with Crippen molar-refractivity contribution in [2.45, 2.75) is 12.6 Å². The summed E-state index contributed by atoms with van der Waals surface area (Å²) < 4.78 is 39.3. The van der Waals surface area contributed by atoms with Crippen molar-refractivity contribution in [2.75, 3.05) is 13.1 Å². The summed E-state index contributed by atoms with van der Waals surface area (Å²) in [5, 5.41) is 8.90. The Hall–Kier alpha value is -1.09. The van der Waals surface area contributed by atoms with Gasteiger partial charge in [0.25, 0.3) is 0 Å². The summed E-state index contributed by atoms with van der Waals surface area (Å²) in [6, 6.07) is 3.45. The van der Waals surface area contributed by atoms with Crippen molar-refractivity contribution in [3.8, 4) is 0 Å². The smallest absolute Gasteiger partial charge is 0.394 e. The molecule has 2 atom stereocenters. The summed E-state index contributed by atoms with van der Waals surface area (Å²) in [5.41, 5.74) is 0. The number of carbonyl (C=O) groups is 2. The van der Waals surface area contributed by atoms with E-state index in [1.807, 2.05) is 0 Å². The first-order valence-corrected chi connectivity index (χ1v) is 7.61. The Balaban J connectivity index is 2.08. The molecule has 0 aromatic carbocycles. The summed E-state index contributed by atoms with van der Waals surface area (Å²) in [6.07, 6.45) is -4.64. The number of carbonyl (C=O) groups excluding carboxylic acids is 1. The van der Waals surface area contributed by atoms with Crippen LogP contribution in [-0.2, 0) is 16.0 Å². The summed E-state index contributed by atoms with van der Waals surface area (Å²) in [7, 11) is 0. The summed E-state index contributed by atoms with van der Waals surface area (Å²) in [6.45, 7) is -0.989. The van der Waals surface area contributed by atoms with Crippen LogP contribution in [0.2, 0.25) is 0 Å². The van der Waals surface area contributed by atoms with Crippen molar-refractivity contribution in [2.24, 2.45) is 11.8 Å². The summed E-state index contributed by atoms with van der Waals surface area (Å²) in [4.78, 5) is 24.7. The highest BCUT2D eigenvalue weighted by molar-refractivity contribution is 9.11. The van der Waals surface area contributed by atoms with Gasteiger partial charge in [-0.05, 0) is 28.1 Å². The van der Waals surface area contributed by atoms with Gasteiger partial charge in [0.15, 0.2) is 0 Å².